The van der Waals surface area contributed by atoms with Crippen LogP contribution in [0.15, 0.2) is 47.1 Å². The number of halogens is 1. The summed E-state index contributed by atoms with van der Waals surface area (Å²) in [5.41, 5.74) is 2.48. The van der Waals surface area contributed by atoms with E-state index in [1.165, 1.54) is 0 Å². The number of amides is 1. The number of nitriles is 1. The van der Waals surface area contributed by atoms with Gasteiger partial charge in [-0.15, -0.1) is 0 Å². The highest BCUT2D eigenvalue weighted by molar-refractivity contribution is 9.10. The lowest BCUT2D eigenvalue weighted by molar-refractivity contribution is 0.102. The summed E-state index contributed by atoms with van der Waals surface area (Å²) < 4.78 is 0.664. The molecule has 0 spiro atoms. The summed E-state index contributed by atoms with van der Waals surface area (Å²) in [5, 5.41) is 19.3. The number of aromatic nitrogens is 2. The quantitative estimate of drug-likeness (QED) is 0.749. The summed E-state index contributed by atoms with van der Waals surface area (Å²) in [6, 6.07) is 12.4. The zero-order valence-corrected chi connectivity index (χ0v) is 12.3. The number of fused-ring (bicyclic) bond motifs is 1. The van der Waals surface area contributed by atoms with Gasteiger partial charge in [-0.05, 0) is 46.3 Å². The second kappa shape index (κ2) is 5.38. The molecule has 3 rings (SSSR count). The molecule has 0 bridgehead atoms. The summed E-state index contributed by atoms with van der Waals surface area (Å²) in [4.78, 5) is 12.3. The van der Waals surface area contributed by atoms with E-state index in [2.05, 4.69) is 31.4 Å². The highest BCUT2D eigenvalue weighted by atomic mass is 79.9. The molecule has 0 radical (unpaired) electrons. The van der Waals surface area contributed by atoms with E-state index in [-0.39, 0.29) is 5.91 Å². The van der Waals surface area contributed by atoms with E-state index < -0.39 is 0 Å². The second-order valence-corrected chi connectivity index (χ2v) is 5.29. The Bertz CT molecular complexity index is 879. The molecule has 0 saturated heterocycles. The van der Waals surface area contributed by atoms with Crippen LogP contribution in [0.3, 0.4) is 0 Å². The maximum Gasteiger partial charge on any atom is 0.255 e. The zero-order chi connectivity index (χ0) is 14.8. The predicted molar refractivity (Wildman–Crippen MR) is 82.9 cm³/mol. The lowest BCUT2D eigenvalue weighted by atomic mass is 10.1. The van der Waals surface area contributed by atoms with Crippen molar-refractivity contribution in [3.05, 3.63) is 58.2 Å². The average Bonchev–Trinajstić information content (AvgIpc) is 2.96. The van der Waals surface area contributed by atoms with Crippen molar-refractivity contribution >= 4 is 38.4 Å². The van der Waals surface area contributed by atoms with Gasteiger partial charge in [-0.2, -0.15) is 10.4 Å². The fourth-order valence-electron chi connectivity index (χ4n) is 1.96. The molecule has 21 heavy (non-hydrogen) atoms. The van der Waals surface area contributed by atoms with Gasteiger partial charge in [0.25, 0.3) is 5.91 Å². The normalized spacial score (nSPS) is 10.3. The van der Waals surface area contributed by atoms with Crippen molar-refractivity contribution in [2.75, 3.05) is 5.32 Å². The molecule has 0 aliphatic heterocycles. The first-order chi connectivity index (χ1) is 10.2. The first-order valence-corrected chi connectivity index (χ1v) is 6.91. The molecule has 5 nitrogen and oxygen atoms in total. The molecule has 1 heterocycles. The Morgan fingerprint density at radius 2 is 2.14 bits per heavy atom. The van der Waals surface area contributed by atoms with Crippen molar-refractivity contribution in [3.63, 3.8) is 0 Å². The van der Waals surface area contributed by atoms with E-state index in [1.807, 2.05) is 12.1 Å². The third-order valence-corrected chi connectivity index (χ3v) is 3.71. The SMILES string of the molecule is N#Cc1ccc(NC(=O)c2ccc3cn[nH]c3c2)c(Br)c1. The third kappa shape index (κ3) is 2.64. The number of carbonyl (C=O) groups excluding carboxylic acids is 1. The van der Waals surface area contributed by atoms with Crippen LogP contribution in [0.2, 0.25) is 0 Å². The van der Waals surface area contributed by atoms with E-state index in [9.17, 15) is 4.79 Å². The van der Waals surface area contributed by atoms with Crippen molar-refractivity contribution < 1.29 is 4.79 Å². The van der Waals surface area contributed by atoms with Crippen molar-refractivity contribution in [1.29, 1.82) is 5.26 Å². The molecular weight excluding hydrogens is 332 g/mol. The number of benzene rings is 2. The first-order valence-electron chi connectivity index (χ1n) is 6.11. The molecule has 0 fully saturated rings. The number of hydrogen-bond donors (Lipinski definition) is 2. The Labute approximate surface area is 128 Å². The zero-order valence-electron chi connectivity index (χ0n) is 10.7. The molecule has 2 aromatic carbocycles. The minimum absolute atomic E-state index is 0.225. The van der Waals surface area contributed by atoms with E-state index >= 15 is 0 Å². The highest BCUT2D eigenvalue weighted by Gasteiger charge is 2.10. The highest BCUT2D eigenvalue weighted by Crippen LogP contribution is 2.24. The number of aromatic amines is 1. The molecule has 0 saturated carbocycles. The van der Waals surface area contributed by atoms with E-state index in [0.717, 1.165) is 10.9 Å². The third-order valence-electron chi connectivity index (χ3n) is 3.05. The maximum absolute atomic E-state index is 12.3. The Hall–Kier alpha value is -2.65. The van der Waals surface area contributed by atoms with Gasteiger partial charge in [0.05, 0.1) is 29.0 Å². The van der Waals surface area contributed by atoms with Gasteiger partial charge >= 0.3 is 0 Å². The fourth-order valence-corrected chi connectivity index (χ4v) is 2.44. The minimum Gasteiger partial charge on any atom is -0.321 e. The summed E-state index contributed by atoms with van der Waals surface area (Å²) in [6.45, 7) is 0. The van der Waals surface area contributed by atoms with Crippen LogP contribution in [-0.2, 0) is 0 Å². The number of carbonyl (C=O) groups is 1. The number of anilines is 1. The van der Waals surface area contributed by atoms with Crippen molar-refractivity contribution in [3.8, 4) is 6.07 Å². The molecule has 3 aromatic rings. The number of hydrogen-bond acceptors (Lipinski definition) is 3. The standard InChI is InChI=1S/C15H9BrN4O/c16-12-5-9(7-17)1-4-13(12)19-15(21)10-2-3-11-8-18-20-14(11)6-10/h1-6,8H,(H,18,20)(H,19,21). The molecule has 0 aliphatic rings. The fraction of sp³-hybridized carbons (Fsp3) is 0. The van der Waals surface area contributed by atoms with E-state index in [4.69, 9.17) is 5.26 Å². The lowest BCUT2D eigenvalue weighted by Gasteiger charge is -2.07. The van der Waals surface area contributed by atoms with Crippen LogP contribution in [0.5, 0.6) is 0 Å². The van der Waals surface area contributed by atoms with Crippen LogP contribution >= 0.6 is 15.9 Å². The molecule has 0 unspecified atom stereocenters. The van der Waals surface area contributed by atoms with Gasteiger partial charge in [-0.25, -0.2) is 0 Å². The molecule has 102 valence electrons. The maximum atomic E-state index is 12.3. The van der Waals surface area contributed by atoms with Gasteiger partial charge in [-0.1, -0.05) is 6.07 Å². The monoisotopic (exact) mass is 340 g/mol. The molecule has 0 atom stereocenters. The van der Waals surface area contributed by atoms with Gasteiger partial charge in [0, 0.05) is 15.4 Å². The summed E-state index contributed by atoms with van der Waals surface area (Å²) in [5.74, 6) is -0.225. The molecule has 0 aliphatic carbocycles. The Kier molecular flexibility index (Phi) is 3.42. The number of H-pyrrole nitrogens is 1. The van der Waals surface area contributed by atoms with Crippen molar-refractivity contribution in [2.24, 2.45) is 0 Å². The Morgan fingerprint density at radius 3 is 2.90 bits per heavy atom. The summed E-state index contributed by atoms with van der Waals surface area (Å²) in [7, 11) is 0. The smallest absolute Gasteiger partial charge is 0.255 e. The molecule has 6 heteroatoms. The van der Waals surface area contributed by atoms with Gasteiger partial charge in [-0.3, -0.25) is 9.89 Å². The van der Waals surface area contributed by atoms with Gasteiger partial charge in [0.2, 0.25) is 0 Å². The van der Waals surface area contributed by atoms with Crippen LogP contribution in [0.25, 0.3) is 10.9 Å². The molecule has 2 N–H and O–H groups in total. The summed E-state index contributed by atoms with van der Waals surface area (Å²) >= 11 is 3.34. The molecular formula is C15H9BrN4O. The van der Waals surface area contributed by atoms with E-state index in [1.54, 1.807) is 36.5 Å². The second-order valence-electron chi connectivity index (χ2n) is 4.43. The number of nitrogens with one attached hydrogen (secondary N) is 2. The van der Waals surface area contributed by atoms with E-state index in [0.29, 0.717) is 21.3 Å². The van der Waals surface area contributed by atoms with Gasteiger partial charge in [0.15, 0.2) is 0 Å². The average molecular weight is 341 g/mol. The largest absolute Gasteiger partial charge is 0.321 e. The number of nitrogens with zero attached hydrogens (tertiary/aromatic N) is 2. The van der Waals surface area contributed by atoms with Gasteiger partial charge in [0.1, 0.15) is 0 Å². The Morgan fingerprint density at radius 1 is 1.29 bits per heavy atom. The minimum atomic E-state index is -0.225. The molecule has 1 aromatic heterocycles. The van der Waals surface area contributed by atoms with Crippen molar-refractivity contribution in [2.45, 2.75) is 0 Å². The molecule has 1 amide bonds. The van der Waals surface area contributed by atoms with Crippen LogP contribution < -0.4 is 5.32 Å². The predicted octanol–water partition coefficient (Wildman–Crippen LogP) is 3.45. The van der Waals surface area contributed by atoms with Crippen molar-refractivity contribution in [1.82, 2.24) is 10.2 Å². The lowest BCUT2D eigenvalue weighted by Crippen LogP contribution is -2.12. The van der Waals surface area contributed by atoms with Crippen LogP contribution in [-0.4, -0.2) is 16.1 Å². The van der Waals surface area contributed by atoms with Crippen LogP contribution in [0.4, 0.5) is 5.69 Å². The first kappa shape index (κ1) is 13.3. The van der Waals surface area contributed by atoms with Crippen LogP contribution in [0, 0.1) is 11.3 Å². The topological polar surface area (TPSA) is 81.6 Å². The number of rotatable bonds is 2. The van der Waals surface area contributed by atoms with Crippen LogP contribution in [0.1, 0.15) is 15.9 Å². The Balaban J connectivity index is 1.87. The van der Waals surface area contributed by atoms with Gasteiger partial charge < -0.3 is 5.32 Å². The summed E-state index contributed by atoms with van der Waals surface area (Å²) in [6.07, 6.45) is 1.70.